The molecule has 0 aliphatic heterocycles. The third-order valence-electron chi connectivity index (χ3n) is 1.68. The zero-order chi connectivity index (χ0) is 14.6. The molecular formula is C9H27O4Si5. The van der Waals surface area contributed by atoms with Crippen LogP contribution in [0.15, 0.2) is 0 Å². The van der Waals surface area contributed by atoms with E-state index in [-0.39, 0.29) is 0 Å². The Kier molecular flexibility index (Phi) is 8.03. The molecule has 3 radical (unpaired) electrons. The van der Waals surface area contributed by atoms with Crippen LogP contribution in [0.5, 0.6) is 0 Å². The van der Waals surface area contributed by atoms with Crippen LogP contribution in [-0.2, 0) is 16.5 Å². The fourth-order valence-corrected chi connectivity index (χ4v) is 17.1. The molecule has 9 heteroatoms. The van der Waals surface area contributed by atoms with Gasteiger partial charge in [-0.05, 0) is 58.9 Å². The maximum atomic E-state index is 6.20. The van der Waals surface area contributed by atoms with Crippen LogP contribution in [-0.4, -0.2) is 44.5 Å². The van der Waals surface area contributed by atoms with E-state index >= 15 is 0 Å². The van der Waals surface area contributed by atoms with Crippen LogP contribution in [0.1, 0.15) is 0 Å². The van der Waals surface area contributed by atoms with Gasteiger partial charge in [-0.15, -0.1) is 0 Å². The molecule has 0 aromatic carbocycles. The van der Waals surface area contributed by atoms with Gasteiger partial charge in [0.15, 0.2) is 18.1 Å². The van der Waals surface area contributed by atoms with Gasteiger partial charge in [0.25, 0.3) is 0 Å². The Morgan fingerprint density at radius 1 is 0.667 bits per heavy atom. The molecule has 0 rings (SSSR count). The van der Waals surface area contributed by atoms with E-state index < -0.39 is 44.5 Å². The van der Waals surface area contributed by atoms with E-state index in [1.807, 2.05) is 6.55 Å². The lowest BCUT2D eigenvalue weighted by Crippen LogP contribution is -2.52. The Morgan fingerprint density at radius 2 is 1.11 bits per heavy atom. The van der Waals surface area contributed by atoms with Gasteiger partial charge in [0.2, 0.25) is 0 Å². The minimum absolute atomic E-state index is 0.695. The van der Waals surface area contributed by atoms with Gasteiger partial charge in [-0.3, -0.25) is 0 Å². The lowest BCUT2D eigenvalue weighted by atomic mass is 11.9. The molecule has 4 nitrogen and oxygen atoms in total. The third kappa shape index (κ3) is 9.80. The van der Waals surface area contributed by atoms with Gasteiger partial charge in [0.05, 0.1) is 0 Å². The maximum Gasteiger partial charge on any atom is 0.360 e. The van der Waals surface area contributed by atoms with Gasteiger partial charge in [-0.1, -0.05) is 0 Å². The van der Waals surface area contributed by atoms with Gasteiger partial charge >= 0.3 is 26.4 Å². The average Bonchev–Trinajstić information content (AvgIpc) is 1.92. The van der Waals surface area contributed by atoms with Crippen LogP contribution in [0, 0.1) is 0 Å². The van der Waals surface area contributed by atoms with E-state index in [0.29, 0.717) is 0 Å². The minimum Gasteiger partial charge on any atom is -0.437 e. The highest BCUT2D eigenvalue weighted by Gasteiger charge is 2.38. The van der Waals surface area contributed by atoms with Crippen LogP contribution < -0.4 is 0 Å². The molecule has 0 spiro atoms. The summed E-state index contributed by atoms with van der Waals surface area (Å²) in [7, 11) is -6.81. The number of hydrogen-bond acceptors (Lipinski definition) is 4. The summed E-state index contributed by atoms with van der Waals surface area (Å²) < 4.78 is 24.0. The monoisotopic (exact) mass is 339 g/mol. The molecular weight excluding hydrogens is 313 g/mol. The Hall–Kier alpha value is 0.924. The molecule has 0 aromatic rings. The molecule has 0 heterocycles. The second kappa shape index (κ2) is 7.64. The highest BCUT2D eigenvalue weighted by Crippen LogP contribution is 2.18. The lowest BCUT2D eigenvalue weighted by Gasteiger charge is -2.35. The first-order valence-electron chi connectivity index (χ1n) is 6.13. The molecule has 0 atom stereocenters. The van der Waals surface area contributed by atoms with Crippen molar-refractivity contribution in [2.75, 3.05) is 0 Å². The van der Waals surface area contributed by atoms with Crippen molar-refractivity contribution in [2.24, 2.45) is 0 Å². The van der Waals surface area contributed by atoms with Gasteiger partial charge in [0.1, 0.15) is 0 Å². The van der Waals surface area contributed by atoms with Gasteiger partial charge in [0, 0.05) is 0 Å². The van der Waals surface area contributed by atoms with E-state index in [9.17, 15) is 0 Å². The molecule has 0 amide bonds. The fraction of sp³-hybridized carbons (Fsp3) is 1.00. The second-order valence-electron chi connectivity index (χ2n) is 5.52. The molecule has 0 saturated carbocycles. The van der Waals surface area contributed by atoms with Crippen molar-refractivity contribution in [1.29, 1.82) is 0 Å². The summed E-state index contributed by atoms with van der Waals surface area (Å²) in [6, 6.07) is 0. The predicted octanol–water partition coefficient (Wildman–Crippen LogP) is 3.08. The average molecular weight is 340 g/mol. The van der Waals surface area contributed by atoms with Crippen molar-refractivity contribution in [1.82, 2.24) is 0 Å². The first kappa shape index (κ1) is 18.9. The largest absolute Gasteiger partial charge is 0.437 e. The lowest BCUT2D eigenvalue weighted by molar-refractivity contribution is 0.317. The molecule has 0 aliphatic carbocycles. The Morgan fingerprint density at radius 3 is 1.50 bits per heavy atom. The summed E-state index contributed by atoms with van der Waals surface area (Å²) in [4.78, 5) is 0. The van der Waals surface area contributed by atoms with E-state index in [1.165, 1.54) is 0 Å². The topological polar surface area (TPSA) is 36.9 Å². The zero-order valence-electron chi connectivity index (χ0n) is 13.1. The highest BCUT2D eigenvalue weighted by molar-refractivity contribution is 6.84. The second-order valence-corrected chi connectivity index (χ2v) is 19.0. The Labute approximate surface area is 120 Å². The quantitative estimate of drug-likeness (QED) is 0.637. The summed E-state index contributed by atoms with van der Waals surface area (Å²) >= 11 is 0. The van der Waals surface area contributed by atoms with Crippen molar-refractivity contribution < 1.29 is 16.5 Å². The molecule has 0 aromatic heterocycles. The first-order chi connectivity index (χ1) is 7.93. The summed E-state index contributed by atoms with van der Waals surface area (Å²) in [6.07, 6.45) is 0. The molecule has 18 heavy (non-hydrogen) atoms. The molecule has 107 valence electrons. The van der Waals surface area contributed by atoms with E-state index in [0.717, 1.165) is 0 Å². The fourth-order valence-electron chi connectivity index (χ4n) is 1.78. The van der Waals surface area contributed by atoms with Crippen LogP contribution in [0.2, 0.25) is 58.9 Å². The van der Waals surface area contributed by atoms with Gasteiger partial charge < -0.3 is 16.5 Å². The van der Waals surface area contributed by atoms with Gasteiger partial charge in [-0.2, -0.15) is 0 Å². The predicted molar refractivity (Wildman–Crippen MR) is 85.9 cm³/mol. The Balaban J connectivity index is 4.36. The zero-order valence-corrected chi connectivity index (χ0v) is 18.1. The van der Waals surface area contributed by atoms with Crippen molar-refractivity contribution in [3.8, 4) is 0 Å². The van der Waals surface area contributed by atoms with Gasteiger partial charge in [-0.25, -0.2) is 0 Å². The first-order valence-corrected chi connectivity index (χ1v) is 18.4. The summed E-state index contributed by atoms with van der Waals surface area (Å²) in [6.45, 7) is 18.9. The van der Waals surface area contributed by atoms with Crippen molar-refractivity contribution in [3.63, 3.8) is 0 Å². The van der Waals surface area contributed by atoms with E-state index in [2.05, 4.69) is 52.4 Å². The molecule has 0 N–H and O–H groups in total. The summed E-state index contributed by atoms with van der Waals surface area (Å²) in [5.74, 6) is 0. The summed E-state index contributed by atoms with van der Waals surface area (Å²) in [5, 5.41) is 0. The smallest absolute Gasteiger partial charge is 0.360 e. The highest BCUT2D eigenvalue weighted by atomic mass is 28.5. The minimum atomic E-state index is -2.15. The summed E-state index contributed by atoms with van der Waals surface area (Å²) in [5.41, 5.74) is 0. The molecule has 0 saturated heterocycles. The maximum absolute atomic E-state index is 6.20. The van der Waals surface area contributed by atoms with Crippen LogP contribution in [0.3, 0.4) is 0 Å². The van der Waals surface area contributed by atoms with E-state index in [4.69, 9.17) is 16.5 Å². The Bertz CT molecular complexity index is 247. The molecule has 0 aliphatic rings. The van der Waals surface area contributed by atoms with Crippen LogP contribution in [0.25, 0.3) is 0 Å². The number of hydrogen-bond donors (Lipinski definition) is 0. The van der Waals surface area contributed by atoms with Crippen molar-refractivity contribution in [2.45, 2.75) is 58.9 Å². The van der Waals surface area contributed by atoms with E-state index in [1.54, 1.807) is 0 Å². The molecule has 0 fully saturated rings. The number of rotatable bonds is 8. The molecule has 0 bridgehead atoms. The normalized spacial score (nSPS) is 14.0. The van der Waals surface area contributed by atoms with Crippen molar-refractivity contribution >= 4 is 44.5 Å². The molecule has 0 unspecified atom stereocenters. The SMILES string of the molecule is C[Si](C)O[Si](C)O[Si](C)(C)O[Si](C)(C)O[Si](C)C. The van der Waals surface area contributed by atoms with Crippen LogP contribution >= 0.6 is 0 Å². The van der Waals surface area contributed by atoms with Crippen molar-refractivity contribution in [3.05, 3.63) is 0 Å². The third-order valence-corrected chi connectivity index (χ3v) is 15.1. The standard InChI is InChI=1S/C9H27O4Si5/c1-14(2)10-16(5)12-18(8,9)13-17(6,7)11-15(3)4/h1-9H3. The van der Waals surface area contributed by atoms with Crippen LogP contribution in [0.4, 0.5) is 0 Å².